The van der Waals surface area contributed by atoms with Gasteiger partial charge in [-0.25, -0.2) is 17.2 Å². The van der Waals surface area contributed by atoms with Gasteiger partial charge in [-0.15, -0.1) is 0 Å². The molecular weight excluding hydrogens is 554 g/mol. The summed E-state index contributed by atoms with van der Waals surface area (Å²) in [5, 5.41) is 25.3. The van der Waals surface area contributed by atoms with Crippen LogP contribution in [0.3, 0.4) is 0 Å². The number of carbonyl (C=O) groups excluding carboxylic acids is 2. The van der Waals surface area contributed by atoms with Crippen molar-refractivity contribution in [3.8, 4) is 0 Å². The molecule has 2 aromatic carbocycles. The van der Waals surface area contributed by atoms with E-state index < -0.39 is 61.6 Å². The molecule has 0 aromatic heterocycles. The Morgan fingerprint density at radius 2 is 1.72 bits per heavy atom. The summed E-state index contributed by atoms with van der Waals surface area (Å²) in [5.41, 5.74) is -2.51. The molecular formula is C27H31ClF2N2O6S. The normalized spacial score (nSPS) is 24.8. The topological polar surface area (TPSA) is 133 Å². The summed E-state index contributed by atoms with van der Waals surface area (Å²) < 4.78 is 54.1. The van der Waals surface area contributed by atoms with Crippen LogP contribution >= 0.6 is 11.6 Å². The van der Waals surface area contributed by atoms with E-state index in [0.29, 0.717) is 12.8 Å². The van der Waals surface area contributed by atoms with Crippen molar-refractivity contribution < 1.29 is 37.0 Å². The lowest BCUT2D eigenvalue weighted by Gasteiger charge is -2.42. The molecule has 4 atom stereocenters. The molecule has 2 amide bonds. The number of hydrogen-bond acceptors (Lipinski definition) is 6. The molecule has 0 heterocycles. The number of sulfone groups is 1. The molecule has 0 radical (unpaired) electrons. The highest BCUT2D eigenvalue weighted by atomic mass is 35.5. The van der Waals surface area contributed by atoms with E-state index in [1.807, 2.05) is 0 Å². The van der Waals surface area contributed by atoms with Crippen LogP contribution < -0.4 is 10.6 Å². The standard InChI is InChI=1S/C27H31ClF2N2O6S/c1-26(2,35)14-31-24(33)13-27(36)16-4-5-17(27)11-19(10-16)39(37,38)23-9-15(3-7-20(23)28)25(34)32-18-6-8-21(29)22(30)12-18/h3,6-9,12,16-17,19,35-36H,4-5,10-11,13-14H2,1-2H3,(H,31,33)(H,32,34)/t16-,17?,19?,27?/m1/s1. The van der Waals surface area contributed by atoms with Gasteiger partial charge >= 0.3 is 0 Å². The molecule has 39 heavy (non-hydrogen) atoms. The predicted molar refractivity (Wildman–Crippen MR) is 141 cm³/mol. The number of rotatable bonds is 8. The molecule has 212 valence electrons. The highest BCUT2D eigenvalue weighted by molar-refractivity contribution is 7.92. The minimum absolute atomic E-state index is 0.00649. The summed E-state index contributed by atoms with van der Waals surface area (Å²) in [6.07, 6.45) is 1.18. The fourth-order valence-electron chi connectivity index (χ4n) is 5.61. The van der Waals surface area contributed by atoms with Gasteiger partial charge in [-0.05, 0) is 81.7 Å². The largest absolute Gasteiger partial charge is 0.389 e. The maximum atomic E-state index is 13.7. The summed E-state index contributed by atoms with van der Waals surface area (Å²) in [7, 11) is -4.03. The lowest BCUT2D eigenvalue weighted by molar-refractivity contribution is -0.133. The lowest BCUT2D eigenvalue weighted by atomic mass is 9.72. The molecule has 2 saturated carbocycles. The number of anilines is 1. The maximum absolute atomic E-state index is 13.7. The second-order valence-corrected chi connectivity index (χ2v) is 13.7. The Morgan fingerprint density at radius 1 is 1.08 bits per heavy atom. The molecule has 12 heteroatoms. The second-order valence-electron chi connectivity index (χ2n) is 11.1. The summed E-state index contributed by atoms with van der Waals surface area (Å²) in [5.74, 6) is -4.22. The molecule has 8 nitrogen and oxygen atoms in total. The summed E-state index contributed by atoms with van der Waals surface area (Å²) in [6.45, 7) is 3.12. The van der Waals surface area contributed by atoms with Crippen molar-refractivity contribution in [3.05, 3.63) is 58.6 Å². The first-order valence-corrected chi connectivity index (χ1v) is 14.5. The van der Waals surface area contributed by atoms with E-state index in [2.05, 4.69) is 10.6 Å². The Kier molecular flexibility index (Phi) is 8.11. The number of aliphatic hydroxyl groups is 2. The third kappa shape index (κ3) is 6.26. The van der Waals surface area contributed by atoms with Gasteiger partial charge < -0.3 is 20.8 Å². The van der Waals surface area contributed by atoms with E-state index in [9.17, 15) is 37.0 Å². The van der Waals surface area contributed by atoms with Gasteiger partial charge in [-0.3, -0.25) is 9.59 Å². The molecule has 2 fully saturated rings. The fourth-order valence-corrected chi connectivity index (χ4v) is 8.01. The zero-order valence-corrected chi connectivity index (χ0v) is 23.1. The van der Waals surface area contributed by atoms with Gasteiger partial charge in [0.2, 0.25) is 5.91 Å². The van der Waals surface area contributed by atoms with E-state index in [1.165, 1.54) is 18.2 Å². The number of halogens is 3. The number of carbonyl (C=O) groups is 2. The fraction of sp³-hybridized carbons (Fsp3) is 0.481. The van der Waals surface area contributed by atoms with Crippen molar-refractivity contribution >= 4 is 38.9 Å². The number of benzene rings is 2. The van der Waals surface area contributed by atoms with Gasteiger partial charge in [-0.1, -0.05) is 11.6 Å². The predicted octanol–water partition coefficient (Wildman–Crippen LogP) is 3.84. The van der Waals surface area contributed by atoms with Crippen molar-refractivity contribution in [1.82, 2.24) is 5.32 Å². The third-order valence-electron chi connectivity index (χ3n) is 7.65. The van der Waals surface area contributed by atoms with Gasteiger partial charge in [0.1, 0.15) is 0 Å². The van der Waals surface area contributed by atoms with Crippen LogP contribution in [0.15, 0.2) is 41.3 Å². The van der Waals surface area contributed by atoms with Crippen molar-refractivity contribution in [2.45, 2.75) is 67.3 Å². The molecule has 0 spiro atoms. The van der Waals surface area contributed by atoms with Crippen LogP contribution in [0.25, 0.3) is 0 Å². The first-order chi connectivity index (χ1) is 18.1. The van der Waals surface area contributed by atoms with Crippen molar-refractivity contribution in [3.63, 3.8) is 0 Å². The number of hydrogen-bond donors (Lipinski definition) is 4. The SMILES string of the molecule is CC(C)(O)CNC(=O)CC1(O)C2CC[C@@H]1CC(S(=O)(=O)c1cc(C(=O)Nc3ccc(F)c(F)c3)ccc1Cl)C2. The zero-order valence-electron chi connectivity index (χ0n) is 21.5. The molecule has 2 bridgehead atoms. The molecule has 2 aliphatic carbocycles. The van der Waals surface area contributed by atoms with Crippen molar-refractivity contribution in [2.75, 3.05) is 11.9 Å². The van der Waals surface area contributed by atoms with Gasteiger partial charge in [-0.2, -0.15) is 0 Å². The minimum Gasteiger partial charge on any atom is -0.389 e. The van der Waals surface area contributed by atoms with Gasteiger partial charge in [0.05, 0.1) is 32.8 Å². The Balaban J connectivity index is 1.51. The molecule has 4 N–H and O–H groups in total. The van der Waals surface area contributed by atoms with E-state index in [0.717, 1.165) is 18.2 Å². The van der Waals surface area contributed by atoms with Crippen molar-refractivity contribution in [2.24, 2.45) is 11.8 Å². The molecule has 2 aromatic rings. The van der Waals surface area contributed by atoms with Crippen molar-refractivity contribution in [1.29, 1.82) is 0 Å². The summed E-state index contributed by atoms with van der Waals surface area (Å²) in [6, 6.07) is 6.61. The Morgan fingerprint density at radius 3 is 2.31 bits per heavy atom. The van der Waals surface area contributed by atoms with Crippen LogP contribution in [0.2, 0.25) is 5.02 Å². The zero-order chi connectivity index (χ0) is 28.8. The Labute approximate surface area is 230 Å². The van der Waals surface area contributed by atoms with Gasteiger partial charge in [0, 0.05) is 23.9 Å². The average molecular weight is 585 g/mol. The van der Waals surface area contributed by atoms with E-state index in [1.54, 1.807) is 13.8 Å². The van der Waals surface area contributed by atoms with E-state index >= 15 is 0 Å². The number of nitrogens with one attached hydrogen (secondary N) is 2. The van der Waals surface area contributed by atoms with Crippen LogP contribution in [0.4, 0.5) is 14.5 Å². The lowest BCUT2D eigenvalue weighted by Crippen LogP contribution is -2.51. The second kappa shape index (κ2) is 10.8. The Bertz CT molecular complexity index is 1380. The van der Waals surface area contributed by atoms with Crippen LogP contribution in [-0.2, 0) is 14.6 Å². The molecule has 2 aliphatic rings. The Hall–Kier alpha value is -2.60. The molecule has 4 rings (SSSR count). The van der Waals surface area contributed by atoms with Gasteiger partial charge in [0.25, 0.3) is 5.91 Å². The summed E-state index contributed by atoms with van der Waals surface area (Å²) >= 11 is 6.26. The van der Waals surface area contributed by atoms with Crippen LogP contribution in [0.1, 0.15) is 56.3 Å². The monoisotopic (exact) mass is 584 g/mol. The third-order valence-corrected chi connectivity index (χ3v) is 10.3. The molecule has 0 aliphatic heterocycles. The highest BCUT2D eigenvalue weighted by Crippen LogP contribution is 2.53. The smallest absolute Gasteiger partial charge is 0.255 e. The quantitative estimate of drug-likeness (QED) is 0.373. The first kappa shape index (κ1) is 29.4. The van der Waals surface area contributed by atoms with E-state index in [-0.39, 0.29) is 47.0 Å². The average Bonchev–Trinajstić information content (AvgIpc) is 3.00. The van der Waals surface area contributed by atoms with Crippen LogP contribution in [-0.4, -0.2) is 53.4 Å². The number of amides is 2. The van der Waals surface area contributed by atoms with E-state index in [4.69, 9.17) is 11.6 Å². The van der Waals surface area contributed by atoms with Crippen LogP contribution in [0.5, 0.6) is 0 Å². The molecule has 0 saturated heterocycles. The number of fused-ring (bicyclic) bond motifs is 2. The first-order valence-electron chi connectivity index (χ1n) is 12.6. The van der Waals surface area contributed by atoms with Gasteiger partial charge in [0.15, 0.2) is 21.5 Å². The maximum Gasteiger partial charge on any atom is 0.255 e. The summed E-state index contributed by atoms with van der Waals surface area (Å²) in [4.78, 5) is 25.0. The molecule has 3 unspecified atom stereocenters. The highest BCUT2D eigenvalue weighted by Gasteiger charge is 2.56. The minimum atomic E-state index is -4.03. The van der Waals surface area contributed by atoms with Crippen LogP contribution in [0, 0.1) is 23.5 Å².